The highest BCUT2D eigenvalue weighted by molar-refractivity contribution is 5.81. The lowest BCUT2D eigenvalue weighted by Crippen LogP contribution is -2.51. The molecule has 0 spiro atoms. The smallest absolute Gasteiger partial charge is 0.311 e. The van der Waals surface area contributed by atoms with E-state index < -0.39 is 11.9 Å². The molecular formula is C16H27NO4. The molecule has 120 valence electrons. The highest BCUT2D eigenvalue weighted by atomic mass is 16.5. The Bertz CT molecular complexity index is 407. The summed E-state index contributed by atoms with van der Waals surface area (Å²) in [7, 11) is 0. The van der Waals surface area contributed by atoms with Crippen LogP contribution < -0.4 is 0 Å². The van der Waals surface area contributed by atoms with E-state index in [4.69, 9.17) is 4.74 Å². The lowest BCUT2D eigenvalue weighted by molar-refractivity contribution is -0.148. The van der Waals surface area contributed by atoms with Gasteiger partial charge in [0.05, 0.1) is 19.3 Å². The quantitative estimate of drug-likeness (QED) is 0.863. The van der Waals surface area contributed by atoms with Gasteiger partial charge in [-0.2, -0.15) is 0 Å². The number of carbonyl (C=O) groups is 2. The van der Waals surface area contributed by atoms with Crippen molar-refractivity contribution in [1.29, 1.82) is 0 Å². The first kappa shape index (κ1) is 16.3. The molecule has 1 saturated carbocycles. The van der Waals surface area contributed by atoms with Crippen molar-refractivity contribution in [1.82, 2.24) is 4.90 Å². The number of amides is 1. The molecule has 0 aromatic carbocycles. The van der Waals surface area contributed by atoms with E-state index in [1.807, 2.05) is 6.92 Å². The van der Waals surface area contributed by atoms with Crippen molar-refractivity contribution in [3.8, 4) is 0 Å². The lowest BCUT2D eigenvalue weighted by Gasteiger charge is -2.41. The van der Waals surface area contributed by atoms with Crippen LogP contribution in [0.15, 0.2) is 0 Å². The van der Waals surface area contributed by atoms with Gasteiger partial charge in [0.2, 0.25) is 5.91 Å². The van der Waals surface area contributed by atoms with Gasteiger partial charge in [0, 0.05) is 12.5 Å². The van der Waals surface area contributed by atoms with Crippen LogP contribution in [-0.4, -0.2) is 47.7 Å². The molecule has 2 fully saturated rings. The Balaban J connectivity index is 2.16. The minimum atomic E-state index is -0.869. The zero-order valence-electron chi connectivity index (χ0n) is 13.3. The van der Waals surface area contributed by atoms with Crippen LogP contribution in [0, 0.1) is 17.3 Å². The van der Waals surface area contributed by atoms with Crippen LogP contribution in [0.1, 0.15) is 46.5 Å². The van der Waals surface area contributed by atoms with Gasteiger partial charge < -0.3 is 14.7 Å². The summed E-state index contributed by atoms with van der Waals surface area (Å²) in [5.74, 6) is -1.35. The molecule has 5 nitrogen and oxygen atoms in total. The fourth-order valence-electron chi connectivity index (χ4n) is 3.79. The molecule has 0 aromatic heterocycles. The van der Waals surface area contributed by atoms with Crippen molar-refractivity contribution < 1.29 is 19.4 Å². The Kier molecular flexibility index (Phi) is 4.91. The molecule has 3 unspecified atom stereocenters. The van der Waals surface area contributed by atoms with Crippen LogP contribution in [0.3, 0.4) is 0 Å². The van der Waals surface area contributed by atoms with E-state index in [0.717, 1.165) is 19.3 Å². The minimum absolute atomic E-state index is 0.000928. The van der Waals surface area contributed by atoms with Gasteiger partial charge in [-0.1, -0.05) is 26.7 Å². The average Bonchev–Trinajstić information content (AvgIpc) is 2.88. The Labute approximate surface area is 126 Å². The average molecular weight is 297 g/mol. The van der Waals surface area contributed by atoms with Gasteiger partial charge in [0.25, 0.3) is 0 Å². The molecule has 1 N–H and O–H groups in total. The third kappa shape index (κ3) is 3.23. The van der Waals surface area contributed by atoms with Crippen LogP contribution in [0.2, 0.25) is 0 Å². The second kappa shape index (κ2) is 6.34. The summed E-state index contributed by atoms with van der Waals surface area (Å²) in [6, 6.07) is -0.322. The number of hydrogen-bond acceptors (Lipinski definition) is 3. The van der Waals surface area contributed by atoms with E-state index >= 15 is 0 Å². The zero-order chi connectivity index (χ0) is 15.6. The third-order valence-electron chi connectivity index (χ3n) is 5.20. The first-order valence-electron chi connectivity index (χ1n) is 7.99. The molecule has 1 heterocycles. The number of aliphatic carboxylic acids is 1. The summed E-state index contributed by atoms with van der Waals surface area (Å²) in [6.07, 6.45) is 4.23. The van der Waals surface area contributed by atoms with E-state index in [1.54, 1.807) is 4.90 Å². The molecule has 1 aliphatic carbocycles. The lowest BCUT2D eigenvalue weighted by atomic mass is 9.68. The van der Waals surface area contributed by atoms with Crippen LogP contribution in [0.5, 0.6) is 0 Å². The first-order chi connectivity index (χ1) is 9.88. The highest BCUT2D eigenvalue weighted by Crippen LogP contribution is 2.42. The van der Waals surface area contributed by atoms with Crippen LogP contribution >= 0.6 is 0 Å². The van der Waals surface area contributed by atoms with Crippen molar-refractivity contribution in [3.63, 3.8) is 0 Å². The second-order valence-electron chi connectivity index (χ2n) is 6.96. The maximum atomic E-state index is 13.0. The number of likely N-dealkylation sites (N-methyl/N-ethyl adjacent to an activating group) is 1. The summed E-state index contributed by atoms with van der Waals surface area (Å²) in [6.45, 7) is 7.32. The van der Waals surface area contributed by atoms with Crippen LogP contribution in [0.25, 0.3) is 0 Å². The molecular weight excluding hydrogens is 270 g/mol. The molecule has 21 heavy (non-hydrogen) atoms. The number of carboxylic acids is 1. The number of rotatable bonds is 4. The predicted octanol–water partition coefficient (Wildman–Crippen LogP) is 2.15. The Morgan fingerprint density at radius 1 is 1.29 bits per heavy atom. The molecule has 2 aliphatic rings. The summed E-state index contributed by atoms with van der Waals surface area (Å²) >= 11 is 0. The maximum absolute atomic E-state index is 13.0. The van der Waals surface area contributed by atoms with Gasteiger partial charge in [-0.25, -0.2) is 0 Å². The van der Waals surface area contributed by atoms with Crippen molar-refractivity contribution >= 4 is 11.9 Å². The van der Waals surface area contributed by atoms with E-state index in [-0.39, 0.29) is 29.9 Å². The van der Waals surface area contributed by atoms with Gasteiger partial charge >= 0.3 is 5.97 Å². The van der Waals surface area contributed by atoms with Gasteiger partial charge in [-0.15, -0.1) is 0 Å². The van der Waals surface area contributed by atoms with Gasteiger partial charge in [-0.3, -0.25) is 9.59 Å². The fourth-order valence-corrected chi connectivity index (χ4v) is 3.79. The van der Waals surface area contributed by atoms with Gasteiger partial charge in [0.15, 0.2) is 0 Å². The standard InChI is InChI=1S/C16H27NO4/c1-4-17(13-10-21-9-11(13)15(19)20)14(18)12-7-5-6-8-16(12,2)3/h11-13H,4-10H2,1-3H3,(H,19,20). The van der Waals surface area contributed by atoms with E-state index in [9.17, 15) is 14.7 Å². The molecule has 3 atom stereocenters. The van der Waals surface area contributed by atoms with Gasteiger partial charge in [0.1, 0.15) is 5.92 Å². The molecule has 1 saturated heterocycles. The zero-order valence-corrected chi connectivity index (χ0v) is 13.3. The monoisotopic (exact) mass is 297 g/mol. The molecule has 0 bridgehead atoms. The summed E-state index contributed by atoms with van der Waals surface area (Å²) < 4.78 is 5.33. The number of ether oxygens (including phenoxy) is 1. The largest absolute Gasteiger partial charge is 0.481 e. The molecule has 0 radical (unpaired) electrons. The topological polar surface area (TPSA) is 66.8 Å². The number of hydrogen-bond donors (Lipinski definition) is 1. The van der Waals surface area contributed by atoms with Crippen molar-refractivity contribution in [2.24, 2.45) is 17.3 Å². The SMILES string of the molecule is CCN(C(=O)C1CCCCC1(C)C)C1COCC1C(=O)O. The van der Waals surface area contributed by atoms with Crippen LogP contribution in [-0.2, 0) is 14.3 Å². The molecule has 0 aromatic rings. The molecule has 1 aliphatic heterocycles. The van der Waals surface area contributed by atoms with E-state index in [2.05, 4.69) is 13.8 Å². The first-order valence-corrected chi connectivity index (χ1v) is 7.99. The fraction of sp³-hybridized carbons (Fsp3) is 0.875. The minimum Gasteiger partial charge on any atom is -0.481 e. The Morgan fingerprint density at radius 3 is 2.57 bits per heavy atom. The summed E-state index contributed by atoms with van der Waals surface area (Å²) in [5, 5.41) is 9.30. The third-order valence-corrected chi connectivity index (χ3v) is 5.20. The Hall–Kier alpha value is -1.10. The van der Waals surface area contributed by atoms with Gasteiger partial charge in [-0.05, 0) is 25.2 Å². The molecule has 5 heteroatoms. The summed E-state index contributed by atoms with van der Waals surface area (Å²) in [4.78, 5) is 26.1. The Morgan fingerprint density at radius 2 is 2.00 bits per heavy atom. The van der Waals surface area contributed by atoms with Crippen molar-refractivity contribution in [2.75, 3.05) is 19.8 Å². The second-order valence-corrected chi connectivity index (χ2v) is 6.96. The normalized spacial score (nSPS) is 31.9. The van der Waals surface area contributed by atoms with Crippen LogP contribution in [0.4, 0.5) is 0 Å². The summed E-state index contributed by atoms with van der Waals surface area (Å²) in [5.41, 5.74) is 0.000928. The number of nitrogens with zero attached hydrogens (tertiary/aromatic N) is 1. The van der Waals surface area contributed by atoms with Crippen molar-refractivity contribution in [2.45, 2.75) is 52.5 Å². The number of carboxylic acid groups (broad SMARTS) is 1. The molecule has 2 rings (SSSR count). The number of carbonyl (C=O) groups excluding carboxylic acids is 1. The molecule has 1 amide bonds. The maximum Gasteiger partial charge on any atom is 0.311 e. The predicted molar refractivity (Wildman–Crippen MR) is 78.9 cm³/mol. The van der Waals surface area contributed by atoms with E-state index in [0.29, 0.717) is 13.2 Å². The van der Waals surface area contributed by atoms with E-state index in [1.165, 1.54) is 6.42 Å². The highest BCUT2D eigenvalue weighted by Gasteiger charge is 2.44. The van der Waals surface area contributed by atoms with Crippen molar-refractivity contribution in [3.05, 3.63) is 0 Å².